The maximum atomic E-state index is 10.7. The van der Waals surface area contributed by atoms with Crippen LogP contribution in [-0.2, 0) is 4.79 Å². The molecule has 3 N–H and O–H groups in total. The van der Waals surface area contributed by atoms with E-state index in [0.717, 1.165) is 25.9 Å². The third kappa shape index (κ3) is 7.50. The zero-order chi connectivity index (χ0) is 9.40. The third-order valence-electron chi connectivity index (χ3n) is 1.54. The Bertz CT molecular complexity index is 125. The zero-order valence-electron chi connectivity index (χ0n) is 7.97. The molecule has 0 saturated heterocycles. The molecule has 0 bridgehead atoms. The Kier molecular flexibility index (Phi) is 6.70. The second kappa shape index (κ2) is 7.06. The van der Waals surface area contributed by atoms with Crippen LogP contribution in [0.3, 0.4) is 0 Å². The van der Waals surface area contributed by atoms with Crippen LogP contribution < -0.4 is 11.1 Å². The number of hydrogen-bond donors (Lipinski definition) is 2. The van der Waals surface area contributed by atoms with Gasteiger partial charge in [-0.05, 0) is 33.5 Å². The monoisotopic (exact) mass is 173 g/mol. The van der Waals surface area contributed by atoms with Crippen molar-refractivity contribution in [3.63, 3.8) is 0 Å². The van der Waals surface area contributed by atoms with Crippen molar-refractivity contribution in [3.05, 3.63) is 0 Å². The first kappa shape index (κ1) is 11.4. The lowest BCUT2D eigenvalue weighted by atomic mass is 10.3. The maximum absolute atomic E-state index is 10.7. The molecule has 0 aliphatic rings. The van der Waals surface area contributed by atoms with Crippen molar-refractivity contribution in [1.29, 1.82) is 0 Å². The summed E-state index contributed by atoms with van der Waals surface area (Å²) < 4.78 is 0. The normalized spacial score (nSPS) is 10.3. The SMILES string of the molecule is CN(C)CCCCNC(=O)CN. The minimum atomic E-state index is -0.0696. The van der Waals surface area contributed by atoms with Crippen LogP contribution in [0.4, 0.5) is 0 Å². The fourth-order valence-corrected chi connectivity index (χ4v) is 0.853. The number of nitrogens with two attached hydrogens (primary N) is 1. The Morgan fingerprint density at radius 2 is 2.08 bits per heavy atom. The molecule has 1 amide bonds. The van der Waals surface area contributed by atoms with E-state index in [2.05, 4.69) is 10.2 Å². The molecule has 12 heavy (non-hydrogen) atoms. The molecule has 0 heterocycles. The molecule has 72 valence electrons. The van der Waals surface area contributed by atoms with E-state index in [1.165, 1.54) is 0 Å². The topological polar surface area (TPSA) is 58.4 Å². The number of unbranched alkanes of at least 4 members (excludes halogenated alkanes) is 1. The first-order valence-corrected chi connectivity index (χ1v) is 4.28. The van der Waals surface area contributed by atoms with Gasteiger partial charge < -0.3 is 16.0 Å². The van der Waals surface area contributed by atoms with Crippen molar-refractivity contribution in [2.75, 3.05) is 33.7 Å². The molecule has 0 aromatic rings. The Morgan fingerprint density at radius 3 is 2.58 bits per heavy atom. The maximum Gasteiger partial charge on any atom is 0.233 e. The fraction of sp³-hybridized carbons (Fsp3) is 0.875. The van der Waals surface area contributed by atoms with E-state index in [1.807, 2.05) is 14.1 Å². The van der Waals surface area contributed by atoms with Crippen LogP contribution >= 0.6 is 0 Å². The van der Waals surface area contributed by atoms with Crippen LogP contribution in [0, 0.1) is 0 Å². The number of nitrogens with zero attached hydrogens (tertiary/aromatic N) is 1. The van der Waals surface area contributed by atoms with E-state index >= 15 is 0 Å². The molecular formula is C8H19N3O. The summed E-state index contributed by atoms with van der Waals surface area (Å²) in [5, 5.41) is 2.72. The predicted octanol–water partition coefficient (Wildman–Crippen LogP) is -0.597. The summed E-state index contributed by atoms with van der Waals surface area (Å²) in [5.41, 5.74) is 5.11. The lowest BCUT2D eigenvalue weighted by Crippen LogP contribution is -2.31. The summed E-state index contributed by atoms with van der Waals surface area (Å²) in [6, 6.07) is 0. The summed E-state index contributed by atoms with van der Waals surface area (Å²) in [4.78, 5) is 12.8. The highest BCUT2D eigenvalue weighted by atomic mass is 16.1. The van der Waals surface area contributed by atoms with E-state index in [4.69, 9.17) is 5.73 Å². The van der Waals surface area contributed by atoms with Gasteiger partial charge in [-0.25, -0.2) is 0 Å². The molecule has 0 aliphatic heterocycles. The van der Waals surface area contributed by atoms with Gasteiger partial charge in [-0.3, -0.25) is 4.79 Å². The van der Waals surface area contributed by atoms with Gasteiger partial charge in [0.2, 0.25) is 5.91 Å². The second-order valence-corrected chi connectivity index (χ2v) is 3.06. The van der Waals surface area contributed by atoms with Gasteiger partial charge in [0.15, 0.2) is 0 Å². The quantitative estimate of drug-likeness (QED) is 0.527. The highest BCUT2D eigenvalue weighted by molar-refractivity contribution is 5.77. The molecule has 4 heteroatoms. The van der Waals surface area contributed by atoms with Crippen molar-refractivity contribution < 1.29 is 4.79 Å². The van der Waals surface area contributed by atoms with Crippen LogP contribution in [0.5, 0.6) is 0 Å². The summed E-state index contributed by atoms with van der Waals surface area (Å²) >= 11 is 0. The molecule has 0 atom stereocenters. The van der Waals surface area contributed by atoms with Gasteiger partial charge in [0.1, 0.15) is 0 Å². The largest absolute Gasteiger partial charge is 0.355 e. The van der Waals surface area contributed by atoms with E-state index in [9.17, 15) is 4.79 Å². The van der Waals surface area contributed by atoms with Crippen LogP contribution in [0.1, 0.15) is 12.8 Å². The summed E-state index contributed by atoms with van der Waals surface area (Å²) in [5.74, 6) is -0.0696. The third-order valence-corrected chi connectivity index (χ3v) is 1.54. The van der Waals surface area contributed by atoms with Crippen molar-refractivity contribution in [2.24, 2.45) is 5.73 Å². The molecule has 4 nitrogen and oxygen atoms in total. The number of hydrogen-bond acceptors (Lipinski definition) is 3. The van der Waals surface area contributed by atoms with Crippen LogP contribution in [0.25, 0.3) is 0 Å². The van der Waals surface area contributed by atoms with Crippen LogP contribution in [0.15, 0.2) is 0 Å². The van der Waals surface area contributed by atoms with Gasteiger partial charge in [0.05, 0.1) is 6.54 Å². The molecule has 0 radical (unpaired) electrons. The lowest BCUT2D eigenvalue weighted by Gasteiger charge is -2.08. The standard InChI is InChI=1S/C8H19N3O/c1-11(2)6-4-3-5-10-8(12)7-9/h3-7,9H2,1-2H3,(H,10,12). The van der Waals surface area contributed by atoms with E-state index in [0.29, 0.717) is 0 Å². The minimum absolute atomic E-state index is 0.0696. The fourth-order valence-electron chi connectivity index (χ4n) is 0.853. The molecule has 0 unspecified atom stereocenters. The summed E-state index contributed by atoms with van der Waals surface area (Å²) in [7, 11) is 4.08. The summed E-state index contributed by atoms with van der Waals surface area (Å²) in [6.07, 6.45) is 2.13. The van der Waals surface area contributed by atoms with Crippen molar-refractivity contribution in [3.8, 4) is 0 Å². The summed E-state index contributed by atoms with van der Waals surface area (Å²) in [6.45, 7) is 1.90. The van der Waals surface area contributed by atoms with E-state index in [-0.39, 0.29) is 12.5 Å². The Balaban J connectivity index is 3.05. The highest BCUT2D eigenvalue weighted by Gasteiger charge is 1.95. The molecule has 0 rings (SSSR count). The highest BCUT2D eigenvalue weighted by Crippen LogP contribution is 1.88. The smallest absolute Gasteiger partial charge is 0.233 e. The number of carbonyl (C=O) groups excluding carboxylic acids is 1. The molecule has 0 aromatic heterocycles. The number of nitrogens with one attached hydrogen (secondary N) is 1. The Hall–Kier alpha value is -0.610. The predicted molar refractivity (Wildman–Crippen MR) is 49.9 cm³/mol. The molecule has 0 aliphatic carbocycles. The number of amides is 1. The Labute approximate surface area is 74.1 Å². The van der Waals surface area contributed by atoms with Gasteiger partial charge in [0.25, 0.3) is 0 Å². The molecule has 0 saturated carbocycles. The molecular weight excluding hydrogens is 154 g/mol. The number of carbonyl (C=O) groups is 1. The van der Waals surface area contributed by atoms with Gasteiger partial charge in [-0.2, -0.15) is 0 Å². The zero-order valence-corrected chi connectivity index (χ0v) is 7.97. The van der Waals surface area contributed by atoms with Crippen molar-refractivity contribution >= 4 is 5.91 Å². The Morgan fingerprint density at radius 1 is 1.42 bits per heavy atom. The average Bonchev–Trinajstić information content (AvgIpc) is 2.03. The molecule has 0 aromatic carbocycles. The minimum Gasteiger partial charge on any atom is -0.355 e. The van der Waals surface area contributed by atoms with Crippen molar-refractivity contribution in [1.82, 2.24) is 10.2 Å². The van der Waals surface area contributed by atoms with Crippen LogP contribution in [-0.4, -0.2) is 44.5 Å². The molecule has 0 spiro atoms. The second-order valence-electron chi connectivity index (χ2n) is 3.06. The van der Waals surface area contributed by atoms with Crippen LogP contribution in [0.2, 0.25) is 0 Å². The number of rotatable bonds is 6. The first-order chi connectivity index (χ1) is 5.66. The van der Waals surface area contributed by atoms with Gasteiger partial charge in [-0.1, -0.05) is 0 Å². The van der Waals surface area contributed by atoms with Crippen molar-refractivity contribution in [2.45, 2.75) is 12.8 Å². The van der Waals surface area contributed by atoms with Gasteiger partial charge >= 0.3 is 0 Å². The van der Waals surface area contributed by atoms with Gasteiger partial charge in [-0.15, -0.1) is 0 Å². The van der Waals surface area contributed by atoms with E-state index in [1.54, 1.807) is 0 Å². The van der Waals surface area contributed by atoms with E-state index < -0.39 is 0 Å². The average molecular weight is 173 g/mol. The lowest BCUT2D eigenvalue weighted by molar-refractivity contribution is -0.119. The molecule has 0 fully saturated rings. The first-order valence-electron chi connectivity index (χ1n) is 4.28. The van der Waals surface area contributed by atoms with Gasteiger partial charge in [0, 0.05) is 6.54 Å².